The van der Waals surface area contributed by atoms with Gasteiger partial charge in [0.2, 0.25) is 0 Å². The fourth-order valence-electron chi connectivity index (χ4n) is 1.33. The van der Waals surface area contributed by atoms with E-state index in [1.54, 1.807) is 13.3 Å². The summed E-state index contributed by atoms with van der Waals surface area (Å²) in [4.78, 5) is 3.81. The molecular weight excluding hydrogens is 183 g/mol. The second-order valence-electron chi connectivity index (χ2n) is 3.06. The van der Waals surface area contributed by atoms with E-state index in [2.05, 4.69) is 10.3 Å². The highest BCUT2D eigenvalue weighted by Gasteiger charge is 2.09. The highest BCUT2D eigenvalue weighted by atomic mass is 19.1. The SMILES string of the molecule is CNC(CCOC)c1cncc(F)c1. The van der Waals surface area contributed by atoms with E-state index in [4.69, 9.17) is 4.74 Å². The monoisotopic (exact) mass is 198 g/mol. The lowest BCUT2D eigenvalue weighted by molar-refractivity contribution is 0.184. The Morgan fingerprint density at radius 1 is 1.57 bits per heavy atom. The van der Waals surface area contributed by atoms with Crippen LogP contribution in [-0.2, 0) is 4.74 Å². The molecule has 78 valence electrons. The molecule has 0 saturated carbocycles. The Hall–Kier alpha value is -1.00. The zero-order valence-corrected chi connectivity index (χ0v) is 8.46. The number of nitrogens with zero attached hydrogens (tertiary/aromatic N) is 1. The number of rotatable bonds is 5. The quantitative estimate of drug-likeness (QED) is 0.778. The Morgan fingerprint density at radius 3 is 2.93 bits per heavy atom. The summed E-state index contributed by atoms with van der Waals surface area (Å²) in [5.41, 5.74) is 0.851. The van der Waals surface area contributed by atoms with E-state index in [0.29, 0.717) is 6.61 Å². The molecule has 0 saturated heterocycles. The molecule has 1 N–H and O–H groups in total. The molecule has 0 aromatic carbocycles. The third-order valence-electron chi connectivity index (χ3n) is 2.09. The summed E-state index contributed by atoms with van der Waals surface area (Å²) in [5.74, 6) is -0.305. The van der Waals surface area contributed by atoms with Crippen LogP contribution in [0.4, 0.5) is 4.39 Å². The Bertz CT molecular complexity index is 281. The zero-order valence-electron chi connectivity index (χ0n) is 8.46. The van der Waals surface area contributed by atoms with E-state index in [1.807, 2.05) is 7.05 Å². The minimum Gasteiger partial charge on any atom is -0.385 e. The third kappa shape index (κ3) is 3.05. The van der Waals surface area contributed by atoms with Crippen LogP contribution in [0.3, 0.4) is 0 Å². The maximum atomic E-state index is 12.9. The average Bonchev–Trinajstić information content (AvgIpc) is 2.19. The van der Waals surface area contributed by atoms with Gasteiger partial charge in [-0.3, -0.25) is 4.98 Å². The molecule has 1 aromatic rings. The Labute approximate surface area is 83.3 Å². The van der Waals surface area contributed by atoms with Crippen molar-refractivity contribution in [1.29, 1.82) is 0 Å². The summed E-state index contributed by atoms with van der Waals surface area (Å²) in [6.07, 6.45) is 3.67. The van der Waals surface area contributed by atoms with Crippen LogP contribution in [0.15, 0.2) is 18.5 Å². The van der Waals surface area contributed by atoms with Gasteiger partial charge in [0, 0.05) is 26.0 Å². The molecule has 0 fully saturated rings. The molecule has 0 aliphatic carbocycles. The molecule has 1 rings (SSSR count). The smallest absolute Gasteiger partial charge is 0.141 e. The topological polar surface area (TPSA) is 34.1 Å². The Morgan fingerprint density at radius 2 is 2.36 bits per heavy atom. The van der Waals surface area contributed by atoms with Gasteiger partial charge < -0.3 is 10.1 Å². The minimum atomic E-state index is -0.305. The van der Waals surface area contributed by atoms with E-state index in [9.17, 15) is 4.39 Å². The van der Waals surface area contributed by atoms with E-state index in [1.165, 1.54) is 12.3 Å². The largest absolute Gasteiger partial charge is 0.385 e. The molecule has 14 heavy (non-hydrogen) atoms. The fourth-order valence-corrected chi connectivity index (χ4v) is 1.33. The van der Waals surface area contributed by atoms with Crippen LogP contribution in [0, 0.1) is 5.82 Å². The zero-order chi connectivity index (χ0) is 10.4. The van der Waals surface area contributed by atoms with E-state index in [0.717, 1.165) is 12.0 Å². The molecule has 0 aliphatic rings. The maximum absolute atomic E-state index is 12.9. The van der Waals surface area contributed by atoms with Crippen molar-refractivity contribution >= 4 is 0 Å². The first-order valence-electron chi connectivity index (χ1n) is 4.54. The van der Waals surface area contributed by atoms with Crippen LogP contribution in [0.2, 0.25) is 0 Å². The standard InChI is InChI=1S/C10H15FN2O/c1-12-10(3-4-14-2)8-5-9(11)7-13-6-8/h5-7,10,12H,3-4H2,1-2H3. The van der Waals surface area contributed by atoms with Crippen molar-refractivity contribution in [1.82, 2.24) is 10.3 Å². The first kappa shape index (κ1) is 11.1. The van der Waals surface area contributed by atoms with E-state index in [-0.39, 0.29) is 11.9 Å². The number of methoxy groups -OCH3 is 1. The molecule has 1 unspecified atom stereocenters. The molecule has 4 heteroatoms. The van der Waals surface area contributed by atoms with Gasteiger partial charge in [0.1, 0.15) is 5.82 Å². The fraction of sp³-hybridized carbons (Fsp3) is 0.500. The van der Waals surface area contributed by atoms with Gasteiger partial charge in [0.25, 0.3) is 0 Å². The van der Waals surface area contributed by atoms with Gasteiger partial charge in [-0.2, -0.15) is 0 Å². The number of halogens is 1. The highest BCUT2D eigenvalue weighted by Crippen LogP contribution is 2.15. The van der Waals surface area contributed by atoms with E-state index < -0.39 is 0 Å². The van der Waals surface area contributed by atoms with Gasteiger partial charge in [-0.15, -0.1) is 0 Å². The summed E-state index contributed by atoms with van der Waals surface area (Å²) < 4.78 is 17.8. The number of pyridine rings is 1. The van der Waals surface area contributed by atoms with Crippen molar-refractivity contribution in [2.75, 3.05) is 20.8 Å². The molecular formula is C10H15FN2O. The van der Waals surface area contributed by atoms with Gasteiger partial charge in [-0.25, -0.2) is 4.39 Å². The molecule has 0 spiro atoms. The van der Waals surface area contributed by atoms with Gasteiger partial charge in [0.05, 0.1) is 6.20 Å². The van der Waals surface area contributed by atoms with Crippen LogP contribution in [-0.4, -0.2) is 25.7 Å². The summed E-state index contributed by atoms with van der Waals surface area (Å²) in [5, 5.41) is 3.09. The van der Waals surface area contributed by atoms with Crippen molar-refractivity contribution < 1.29 is 9.13 Å². The van der Waals surface area contributed by atoms with Crippen LogP contribution in [0.25, 0.3) is 0 Å². The second-order valence-corrected chi connectivity index (χ2v) is 3.06. The number of hydrogen-bond donors (Lipinski definition) is 1. The summed E-state index contributed by atoms with van der Waals surface area (Å²) in [6, 6.07) is 1.59. The van der Waals surface area contributed by atoms with Crippen molar-refractivity contribution in [3.63, 3.8) is 0 Å². The van der Waals surface area contributed by atoms with Crippen molar-refractivity contribution in [3.8, 4) is 0 Å². The van der Waals surface area contributed by atoms with Crippen LogP contribution in [0.5, 0.6) is 0 Å². The molecule has 0 aliphatic heterocycles. The predicted molar refractivity (Wildman–Crippen MR) is 52.5 cm³/mol. The lowest BCUT2D eigenvalue weighted by Gasteiger charge is -2.15. The number of nitrogens with one attached hydrogen (secondary N) is 1. The first-order chi connectivity index (χ1) is 6.77. The molecule has 3 nitrogen and oxygen atoms in total. The summed E-state index contributed by atoms with van der Waals surface area (Å²) >= 11 is 0. The van der Waals surface area contributed by atoms with Crippen molar-refractivity contribution in [3.05, 3.63) is 29.8 Å². The summed E-state index contributed by atoms with van der Waals surface area (Å²) in [6.45, 7) is 0.641. The van der Waals surface area contributed by atoms with Gasteiger partial charge in [-0.1, -0.05) is 0 Å². The van der Waals surface area contributed by atoms with Crippen LogP contribution < -0.4 is 5.32 Å². The second kappa shape index (κ2) is 5.67. The average molecular weight is 198 g/mol. The molecule has 0 radical (unpaired) electrons. The number of aromatic nitrogens is 1. The third-order valence-corrected chi connectivity index (χ3v) is 2.09. The van der Waals surface area contributed by atoms with Crippen molar-refractivity contribution in [2.24, 2.45) is 0 Å². The highest BCUT2D eigenvalue weighted by molar-refractivity contribution is 5.14. The van der Waals surface area contributed by atoms with Crippen molar-refractivity contribution in [2.45, 2.75) is 12.5 Å². The lowest BCUT2D eigenvalue weighted by Crippen LogP contribution is -2.18. The van der Waals surface area contributed by atoms with Gasteiger partial charge >= 0.3 is 0 Å². The first-order valence-corrected chi connectivity index (χ1v) is 4.54. The van der Waals surface area contributed by atoms with Gasteiger partial charge in [0.15, 0.2) is 0 Å². The Kier molecular flexibility index (Phi) is 4.49. The molecule has 0 amide bonds. The van der Waals surface area contributed by atoms with E-state index >= 15 is 0 Å². The van der Waals surface area contributed by atoms with Crippen LogP contribution >= 0.6 is 0 Å². The van der Waals surface area contributed by atoms with Crippen LogP contribution in [0.1, 0.15) is 18.0 Å². The van der Waals surface area contributed by atoms with Gasteiger partial charge in [-0.05, 0) is 25.1 Å². The summed E-state index contributed by atoms with van der Waals surface area (Å²) in [7, 11) is 3.49. The maximum Gasteiger partial charge on any atom is 0.141 e. The molecule has 1 heterocycles. The number of hydrogen-bond acceptors (Lipinski definition) is 3. The molecule has 0 bridgehead atoms. The molecule has 1 atom stereocenters. The minimum absolute atomic E-state index is 0.0955. The Balaban J connectivity index is 2.68. The lowest BCUT2D eigenvalue weighted by atomic mass is 10.1. The predicted octanol–water partition coefficient (Wildman–Crippen LogP) is 1.52. The normalized spacial score (nSPS) is 12.8. The number of ether oxygens (including phenoxy) is 1. The molecule has 1 aromatic heterocycles.